The van der Waals surface area contributed by atoms with Crippen LogP contribution in [0.1, 0.15) is 187 Å². The summed E-state index contributed by atoms with van der Waals surface area (Å²) in [7, 11) is -3.59. The normalized spacial score (nSPS) is 11.5. The van der Waals surface area contributed by atoms with E-state index in [1.54, 1.807) is 24.3 Å². The van der Waals surface area contributed by atoms with Crippen LogP contribution in [0.4, 0.5) is 0 Å². The Labute approximate surface area is 279 Å². The molecule has 1 rings (SSSR count). The van der Waals surface area contributed by atoms with Gasteiger partial charge in [0.2, 0.25) is 0 Å². The Morgan fingerprint density at radius 2 is 0.707 bits per heavy atom. The summed E-state index contributed by atoms with van der Waals surface area (Å²) in [6, 6.07) is 8.41. The molecule has 0 N–H and O–H groups in total. The predicted molar refractivity (Wildman–Crippen MR) is 182 cm³/mol. The molecule has 0 aromatic heterocycles. The zero-order chi connectivity index (χ0) is 28.8. The van der Waals surface area contributed by atoms with Gasteiger partial charge in [0.1, 0.15) is 0 Å². The van der Waals surface area contributed by atoms with E-state index in [0.29, 0.717) is 0 Å². The number of hydrogen-bond donors (Lipinski definition) is 0. The third-order valence-electron chi connectivity index (χ3n) is 8.27. The zero-order valence-corrected chi connectivity index (χ0v) is 27.3. The van der Waals surface area contributed by atoms with Gasteiger partial charge in [-0.05, 0) is 18.6 Å². The zero-order valence-electron chi connectivity index (χ0n) is 26.5. The van der Waals surface area contributed by atoms with Gasteiger partial charge in [0.15, 0.2) is 0 Å². The Kier molecular flexibility index (Phi) is 31.7. The van der Waals surface area contributed by atoms with E-state index < -0.39 is 10.1 Å². The Hall–Kier alpha value is 0.130. The molecular formula is C36H67NaO3S. The topological polar surface area (TPSA) is 43.4 Å². The van der Waals surface area contributed by atoms with Gasteiger partial charge in [-0.1, -0.05) is 198 Å². The van der Waals surface area contributed by atoms with Crippen molar-refractivity contribution in [2.24, 2.45) is 0 Å². The summed E-state index contributed by atoms with van der Waals surface area (Å²) in [6.45, 7) is 2.59. The van der Waals surface area contributed by atoms with E-state index in [1.807, 2.05) is 6.07 Å². The summed E-state index contributed by atoms with van der Waals surface area (Å²) in [5.74, 6) is 0. The van der Waals surface area contributed by atoms with Gasteiger partial charge in [0, 0.05) is 0 Å². The van der Waals surface area contributed by atoms with Crippen LogP contribution < -0.4 is 0 Å². The fourth-order valence-electron chi connectivity index (χ4n) is 5.60. The number of benzene rings is 1. The van der Waals surface area contributed by atoms with Gasteiger partial charge in [-0.25, -0.2) is 0 Å². The molecule has 0 unspecified atom stereocenters. The van der Waals surface area contributed by atoms with Crippen LogP contribution in [0.5, 0.6) is 0 Å². The first-order valence-electron chi connectivity index (χ1n) is 17.6. The van der Waals surface area contributed by atoms with Gasteiger partial charge in [-0.3, -0.25) is 4.18 Å². The molecule has 0 aliphatic rings. The van der Waals surface area contributed by atoms with Crippen molar-refractivity contribution in [3.63, 3.8) is 0 Å². The molecule has 41 heavy (non-hydrogen) atoms. The van der Waals surface area contributed by atoms with Crippen LogP contribution in [-0.4, -0.2) is 44.6 Å². The summed E-state index contributed by atoms with van der Waals surface area (Å²) >= 11 is 0. The second-order valence-electron chi connectivity index (χ2n) is 12.1. The van der Waals surface area contributed by atoms with Gasteiger partial charge in [-0.2, -0.15) is 8.42 Å². The van der Waals surface area contributed by atoms with Gasteiger partial charge in [0.25, 0.3) is 10.1 Å². The second-order valence-corrected chi connectivity index (χ2v) is 13.8. The Balaban J connectivity index is 0.0000160. The van der Waals surface area contributed by atoms with Crippen LogP contribution >= 0.6 is 0 Å². The average Bonchev–Trinajstić information content (AvgIpc) is 2.97. The minimum absolute atomic E-state index is 0. The molecule has 0 saturated heterocycles. The summed E-state index contributed by atoms with van der Waals surface area (Å²) in [5.41, 5.74) is 0. The average molecular weight is 603 g/mol. The van der Waals surface area contributed by atoms with E-state index in [9.17, 15) is 8.42 Å². The Bertz CT molecular complexity index is 738. The molecular weight excluding hydrogens is 535 g/mol. The Morgan fingerprint density at radius 1 is 0.439 bits per heavy atom. The molecule has 0 fully saturated rings. The molecule has 0 heterocycles. The molecule has 0 aliphatic carbocycles. The molecule has 0 saturated carbocycles. The number of rotatable bonds is 31. The maximum atomic E-state index is 12.1. The van der Waals surface area contributed by atoms with E-state index in [-0.39, 0.29) is 41.1 Å². The Morgan fingerprint density at radius 3 is 1.00 bits per heavy atom. The summed E-state index contributed by atoms with van der Waals surface area (Å²) < 4.78 is 29.3. The van der Waals surface area contributed by atoms with Crippen LogP contribution in [-0.2, 0) is 14.3 Å². The quantitative estimate of drug-likeness (QED) is 0.0482. The van der Waals surface area contributed by atoms with E-state index in [2.05, 4.69) is 6.92 Å². The van der Waals surface area contributed by atoms with Gasteiger partial charge >= 0.3 is 29.6 Å². The van der Waals surface area contributed by atoms with Gasteiger partial charge in [-0.15, -0.1) is 0 Å². The van der Waals surface area contributed by atoms with Crippen molar-refractivity contribution in [1.29, 1.82) is 0 Å². The number of unbranched alkanes of at least 4 members (excludes halogenated alkanes) is 27. The maximum absolute atomic E-state index is 12.1. The van der Waals surface area contributed by atoms with Crippen molar-refractivity contribution in [2.75, 3.05) is 6.61 Å². The first kappa shape index (κ1) is 41.1. The first-order valence-corrected chi connectivity index (χ1v) is 19.0. The van der Waals surface area contributed by atoms with Crippen molar-refractivity contribution in [2.45, 2.75) is 192 Å². The van der Waals surface area contributed by atoms with Crippen LogP contribution in [0.3, 0.4) is 0 Å². The standard InChI is InChI=1S/C36H66O3S.Na.H/c1-2-3-4-5-6-7-8-9-10-11-12-13-14-15-16-17-18-19-20-21-22-23-24-25-26-27-28-32-35-39-40(37,38)36-33-30-29-31-34-36;;/h29-31,33-34H,2-28,32,35H2,1H3;;. The molecule has 0 amide bonds. The number of hydrogen-bond acceptors (Lipinski definition) is 3. The molecule has 0 spiro atoms. The van der Waals surface area contributed by atoms with E-state index in [0.717, 1.165) is 12.8 Å². The molecule has 0 aliphatic heterocycles. The third kappa shape index (κ3) is 27.4. The van der Waals surface area contributed by atoms with E-state index in [1.165, 1.54) is 167 Å². The van der Waals surface area contributed by atoms with Crippen molar-refractivity contribution >= 4 is 39.7 Å². The minimum atomic E-state index is -3.59. The van der Waals surface area contributed by atoms with E-state index >= 15 is 0 Å². The van der Waals surface area contributed by atoms with Gasteiger partial charge in [0.05, 0.1) is 11.5 Å². The molecule has 1 aromatic carbocycles. The van der Waals surface area contributed by atoms with Gasteiger partial charge < -0.3 is 0 Å². The molecule has 3 nitrogen and oxygen atoms in total. The van der Waals surface area contributed by atoms with Crippen molar-refractivity contribution in [3.8, 4) is 0 Å². The van der Waals surface area contributed by atoms with E-state index in [4.69, 9.17) is 4.18 Å². The third-order valence-corrected chi connectivity index (χ3v) is 9.59. The summed E-state index contributed by atoms with van der Waals surface area (Å²) in [5, 5.41) is 0. The fourth-order valence-corrected chi connectivity index (χ4v) is 6.56. The first-order chi connectivity index (χ1) is 19.7. The van der Waals surface area contributed by atoms with Crippen LogP contribution in [0, 0.1) is 0 Å². The van der Waals surface area contributed by atoms with Crippen LogP contribution in [0.2, 0.25) is 0 Å². The van der Waals surface area contributed by atoms with Crippen LogP contribution in [0.25, 0.3) is 0 Å². The molecule has 5 heteroatoms. The van der Waals surface area contributed by atoms with Crippen molar-refractivity contribution in [1.82, 2.24) is 0 Å². The van der Waals surface area contributed by atoms with Crippen molar-refractivity contribution < 1.29 is 12.6 Å². The molecule has 0 atom stereocenters. The van der Waals surface area contributed by atoms with Crippen molar-refractivity contribution in [3.05, 3.63) is 30.3 Å². The molecule has 0 radical (unpaired) electrons. The second kappa shape index (κ2) is 31.6. The summed E-state index contributed by atoms with van der Waals surface area (Å²) in [4.78, 5) is 0.246. The molecule has 0 bridgehead atoms. The predicted octanol–water partition coefficient (Wildman–Crippen LogP) is 11.7. The van der Waals surface area contributed by atoms with Crippen LogP contribution in [0.15, 0.2) is 35.2 Å². The monoisotopic (exact) mass is 602 g/mol. The molecule has 236 valence electrons. The SMILES string of the molecule is CCCCCCCCCCCCCCCCCCCCCCCCCCCCCCOS(=O)(=O)c1ccccc1.[NaH]. The fraction of sp³-hybridized carbons (Fsp3) is 0.833. The molecule has 1 aromatic rings. The summed E-state index contributed by atoms with van der Waals surface area (Å²) in [6.07, 6.45) is 38.7.